The third-order valence-electron chi connectivity index (χ3n) is 3.28. The SMILES string of the molecule is CNC(C1=CCCCC1)c1cccc(F)c1F. The first-order valence-corrected chi connectivity index (χ1v) is 6.04. The summed E-state index contributed by atoms with van der Waals surface area (Å²) in [4.78, 5) is 0. The van der Waals surface area contributed by atoms with Gasteiger partial charge in [0.05, 0.1) is 6.04 Å². The molecule has 0 saturated heterocycles. The van der Waals surface area contributed by atoms with Crippen LogP contribution in [0.3, 0.4) is 0 Å². The largest absolute Gasteiger partial charge is 0.310 e. The van der Waals surface area contributed by atoms with E-state index in [1.165, 1.54) is 12.0 Å². The van der Waals surface area contributed by atoms with Crippen molar-refractivity contribution in [1.29, 1.82) is 0 Å². The number of hydrogen-bond donors (Lipinski definition) is 1. The monoisotopic (exact) mass is 237 g/mol. The lowest BCUT2D eigenvalue weighted by Gasteiger charge is -2.23. The predicted molar refractivity (Wildman–Crippen MR) is 64.7 cm³/mol. The van der Waals surface area contributed by atoms with Crippen molar-refractivity contribution >= 4 is 0 Å². The van der Waals surface area contributed by atoms with Gasteiger partial charge in [0, 0.05) is 5.56 Å². The van der Waals surface area contributed by atoms with Crippen LogP contribution in [-0.2, 0) is 0 Å². The van der Waals surface area contributed by atoms with Gasteiger partial charge in [-0.1, -0.05) is 23.8 Å². The Kier molecular flexibility index (Phi) is 3.89. The van der Waals surface area contributed by atoms with Gasteiger partial charge in [-0.15, -0.1) is 0 Å². The second-order valence-electron chi connectivity index (χ2n) is 4.39. The molecule has 1 aromatic rings. The molecular formula is C14H17F2N. The van der Waals surface area contributed by atoms with Crippen LogP contribution in [0.1, 0.15) is 37.3 Å². The molecule has 0 heterocycles. The maximum absolute atomic E-state index is 13.8. The summed E-state index contributed by atoms with van der Waals surface area (Å²) in [7, 11) is 1.78. The Hall–Kier alpha value is -1.22. The highest BCUT2D eigenvalue weighted by Crippen LogP contribution is 2.31. The van der Waals surface area contributed by atoms with Gasteiger partial charge in [0.25, 0.3) is 0 Å². The second kappa shape index (κ2) is 5.41. The van der Waals surface area contributed by atoms with Crippen molar-refractivity contribution in [2.24, 2.45) is 0 Å². The molecule has 1 aromatic carbocycles. The molecule has 0 amide bonds. The standard InChI is InChI=1S/C14H17F2N/c1-17-14(10-6-3-2-4-7-10)11-8-5-9-12(15)13(11)16/h5-6,8-9,14,17H,2-4,7H2,1H3. The third-order valence-corrected chi connectivity index (χ3v) is 3.28. The Morgan fingerprint density at radius 1 is 1.24 bits per heavy atom. The highest BCUT2D eigenvalue weighted by Gasteiger charge is 2.21. The normalized spacial score (nSPS) is 17.7. The summed E-state index contributed by atoms with van der Waals surface area (Å²) in [6.45, 7) is 0. The fourth-order valence-corrected chi connectivity index (χ4v) is 2.41. The molecule has 1 unspecified atom stereocenters. The Morgan fingerprint density at radius 2 is 2.06 bits per heavy atom. The fraction of sp³-hybridized carbons (Fsp3) is 0.429. The summed E-state index contributed by atoms with van der Waals surface area (Å²) in [6.07, 6.45) is 6.45. The molecule has 2 rings (SSSR count). The quantitative estimate of drug-likeness (QED) is 0.790. The van der Waals surface area contributed by atoms with Crippen LogP contribution in [0.5, 0.6) is 0 Å². The summed E-state index contributed by atoms with van der Waals surface area (Å²) in [5, 5.41) is 3.08. The first-order chi connectivity index (χ1) is 8.24. The van der Waals surface area contributed by atoms with E-state index in [0.29, 0.717) is 5.56 Å². The van der Waals surface area contributed by atoms with Gasteiger partial charge in [-0.2, -0.15) is 0 Å². The lowest BCUT2D eigenvalue weighted by Crippen LogP contribution is -2.21. The van der Waals surface area contributed by atoms with Crippen LogP contribution in [0.25, 0.3) is 0 Å². The number of hydrogen-bond acceptors (Lipinski definition) is 1. The van der Waals surface area contributed by atoms with Gasteiger partial charge in [0.15, 0.2) is 11.6 Å². The van der Waals surface area contributed by atoms with Crippen molar-refractivity contribution in [3.05, 3.63) is 47.0 Å². The van der Waals surface area contributed by atoms with E-state index in [1.807, 2.05) is 0 Å². The predicted octanol–water partition coefficient (Wildman–Crippen LogP) is 3.73. The maximum Gasteiger partial charge on any atom is 0.163 e. The van der Waals surface area contributed by atoms with E-state index in [2.05, 4.69) is 11.4 Å². The molecule has 1 aliphatic carbocycles. The maximum atomic E-state index is 13.8. The molecule has 1 aliphatic rings. The smallest absolute Gasteiger partial charge is 0.163 e. The highest BCUT2D eigenvalue weighted by molar-refractivity contribution is 5.30. The number of rotatable bonds is 3. The molecule has 0 spiro atoms. The molecule has 0 saturated carbocycles. The molecule has 92 valence electrons. The van der Waals surface area contributed by atoms with Crippen molar-refractivity contribution in [1.82, 2.24) is 5.32 Å². The van der Waals surface area contributed by atoms with Gasteiger partial charge in [-0.3, -0.25) is 0 Å². The molecule has 1 atom stereocenters. The molecule has 0 aliphatic heterocycles. The summed E-state index contributed by atoms with van der Waals surface area (Å²) in [5.41, 5.74) is 1.57. The van der Waals surface area contributed by atoms with E-state index in [1.54, 1.807) is 19.2 Å². The van der Waals surface area contributed by atoms with Crippen LogP contribution < -0.4 is 5.32 Å². The number of nitrogens with one attached hydrogen (secondary N) is 1. The van der Waals surface area contributed by atoms with E-state index in [4.69, 9.17) is 0 Å². The Balaban J connectivity index is 2.34. The van der Waals surface area contributed by atoms with Gasteiger partial charge in [0.1, 0.15) is 0 Å². The van der Waals surface area contributed by atoms with Gasteiger partial charge in [-0.05, 0) is 38.8 Å². The average molecular weight is 237 g/mol. The first kappa shape index (κ1) is 12.2. The lowest BCUT2D eigenvalue weighted by molar-refractivity contribution is 0.480. The molecule has 1 N–H and O–H groups in total. The number of allylic oxidation sites excluding steroid dienone is 1. The summed E-state index contributed by atoms with van der Waals surface area (Å²) < 4.78 is 27.0. The molecular weight excluding hydrogens is 220 g/mol. The van der Waals surface area contributed by atoms with E-state index in [9.17, 15) is 8.78 Å². The van der Waals surface area contributed by atoms with Gasteiger partial charge in [-0.25, -0.2) is 8.78 Å². The number of likely N-dealkylation sites (N-methyl/N-ethyl adjacent to an activating group) is 1. The summed E-state index contributed by atoms with van der Waals surface area (Å²) >= 11 is 0. The third kappa shape index (κ3) is 2.55. The van der Waals surface area contributed by atoms with Crippen LogP contribution in [0.15, 0.2) is 29.8 Å². The highest BCUT2D eigenvalue weighted by atomic mass is 19.2. The van der Waals surface area contributed by atoms with Crippen molar-refractivity contribution in [3.63, 3.8) is 0 Å². The van der Waals surface area contributed by atoms with Gasteiger partial charge in [0.2, 0.25) is 0 Å². The Labute approximate surface area is 101 Å². The van der Waals surface area contributed by atoms with E-state index in [-0.39, 0.29) is 6.04 Å². The van der Waals surface area contributed by atoms with Crippen molar-refractivity contribution in [3.8, 4) is 0 Å². The van der Waals surface area contributed by atoms with Crippen LogP contribution in [0, 0.1) is 11.6 Å². The fourth-order valence-electron chi connectivity index (χ4n) is 2.41. The minimum Gasteiger partial charge on any atom is -0.310 e. The summed E-state index contributed by atoms with van der Waals surface area (Å²) in [5.74, 6) is -1.52. The van der Waals surface area contributed by atoms with Crippen LogP contribution in [0.2, 0.25) is 0 Å². The molecule has 17 heavy (non-hydrogen) atoms. The van der Waals surface area contributed by atoms with E-state index in [0.717, 1.165) is 25.3 Å². The van der Waals surface area contributed by atoms with Gasteiger partial charge >= 0.3 is 0 Å². The number of benzene rings is 1. The van der Waals surface area contributed by atoms with Crippen LogP contribution in [0.4, 0.5) is 8.78 Å². The lowest BCUT2D eigenvalue weighted by atomic mass is 9.89. The van der Waals surface area contributed by atoms with E-state index >= 15 is 0 Å². The van der Waals surface area contributed by atoms with Crippen molar-refractivity contribution < 1.29 is 8.78 Å². The zero-order valence-electron chi connectivity index (χ0n) is 9.97. The minimum atomic E-state index is -0.779. The van der Waals surface area contributed by atoms with Crippen LogP contribution in [-0.4, -0.2) is 7.05 Å². The molecule has 1 nitrogen and oxygen atoms in total. The van der Waals surface area contributed by atoms with Crippen molar-refractivity contribution in [2.75, 3.05) is 7.05 Å². The Morgan fingerprint density at radius 3 is 2.71 bits per heavy atom. The van der Waals surface area contributed by atoms with Crippen LogP contribution >= 0.6 is 0 Å². The van der Waals surface area contributed by atoms with E-state index < -0.39 is 11.6 Å². The molecule has 0 radical (unpaired) electrons. The second-order valence-corrected chi connectivity index (χ2v) is 4.39. The molecule has 3 heteroatoms. The Bertz CT molecular complexity index is 426. The summed E-state index contributed by atoms with van der Waals surface area (Å²) in [6, 6.07) is 4.16. The topological polar surface area (TPSA) is 12.0 Å². The average Bonchev–Trinajstić information content (AvgIpc) is 2.37. The van der Waals surface area contributed by atoms with Crippen molar-refractivity contribution in [2.45, 2.75) is 31.7 Å². The zero-order chi connectivity index (χ0) is 12.3. The molecule has 0 bridgehead atoms. The molecule has 0 aromatic heterocycles. The van der Waals surface area contributed by atoms with Gasteiger partial charge < -0.3 is 5.32 Å². The zero-order valence-corrected chi connectivity index (χ0v) is 9.97. The minimum absolute atomic E-state index is 0.203. The molecule has 0 fully saturated rings. The number of halogens is 2. The first-order valence-electron chi connectivity index (χ1n) is 6.04.